The molecule has 0 saturated carbocycles. The first kappa shape index (κ1) is 20.9. The molecule has 2 aromatic rings. The van der Waals surface area contributed by atoms with Gasteiger partial charge in [0.2, 0.25) is 5.91 Å². The molecule has 2 heterocycles. The van der Waals surface area contributed by atoms with Crippen LogP contribution in [0.3, 0.4) is 0 Å². The predicted molar refractivity (Wildman–Crippen MR) is 96.6 cm³/mol. The van der Waals surface area contributed by atoms with Gasteiger partial charge in [-0.05, 0) is 52.1 Å². The highest BCUT2D eigenvalue weighted by molar-refractivity contribution is 9.10. The Morgan fingerprint density at radius 1 is 1.23 bits per heavy atom. The van der Waals surface area contributed by atoms with Crippen LogP contribution in [0.5, 0.6) is 0 Å². The minimum Gasteiger partial charge on any atom is -0.356 e. The zero-order valence-electron chi connectivity index (χ0n) is 14.2. The minimum atomic E-state index is -4.53. The molecule has 0 saturated heterocycles. The second-order valence-electron chi connectivity index (χ2n) is 5.75. The second-order valence-corrected chi connectivity index (χ2v) is 7.40. The summed E-state index contributed by atoms with van der Waals surface area (Å²) in [7, 11) is 0. The largest absolute Gasteiger partial charge is 0.436 e. The number of nitrogens with zero attached hydrogens (tertiary/aromatic N) is 4. The first-order chi connectivity index (χ1) is 12.1. The fourth-order valence-electron chi connectivity index (χ4n) is 2.30. The number of carbonyl (C=O) groups excluding carboxylic acids is 1. The molecule has 6 nitrogen and oxygen atoms in total. The number of amides is 1. The van der Waals surface area contributed by atoms with Crippen LogP contribution in [-0.2, 0) is 24.1 Å². The number of halogens is 5. The molecule has 144 valence electrons. The van der Waals surface area contributed by atoms with Gasteiger partial charge in [-0.15, -0.1) is 0 Å². The fraction of sp³-hybridized carbons (Fsp3) is 0.533. The van der Waals surface area contributed by atoms with Crippen LogP contribution in [0.2, 0.25) is 0 Å². The molecule has 0 aliphatic carbocycles. The van der Waals surface area contributed by atoms with E-state index in [1.54, 1.807) is 4.68 Å². The van der Waals surface area contributed by atoms with E-state index in [2.05, 4.69) is 47.4 Å². The lowest BCUT2D eigenvalue weighted by Gasteiger charge is -2.07. The second kappa shape index (κ2) is 8.55. The van der Waals surface area contributed by atoms with Crippen molar-refractivity contribution in [3.05, 3.63) is 32.2 Å². The Hall–Kier alpha value is -1.36. The number of nitrogens with one attached hydrogen (secondary N) is 1. The summed E-state index contributed by atoms with van der Waals surface area (Å²) in [6.07, 6.45) is -1.91. The number of hydrogen-bond acceptors (Lipinski definition) is 3. The molecule has 2 rings (SSSR count). The monoisotopic (exact) mass is 499 g/mol. The first-order valence-electron chi connectivity index (χ1n) is 7.86. The van der Waals surface area contributed by atoms with Crippen LogP contribution in [0.15, 0.2) is 15.1 Å². The van der Waals surface area contributed by atoms with Crippen LogP contribution in [-0.4, -0.2) is 32.0 Å². The molecule has 0 bridgehead atoms. The number of alkyl halides is 3. The van der Waals surface area contributed by atoms with E-state index in [0.717, 1.165) is 10.2 Å². The summed E-state index contributed by atoms with van der Waals surface area (Å²) in [4.78, 5) is 11.9. The van der Waals surface area contributed by atoms with Gasteiger partial charge in [-0.1, -0.05) is 0 Å². The van der Waals surface area contributed by atoms with Gasteiger partial charge in [0.1, 0.15) is 0 Å². The molecule has 0 spiro atoms. The molecule has 2 aromatic heterocycles. The molecule has 26 heavy (non-hydrogen) atoms. The van der Waals surface area contributed by atoms with Crippen LogP contribution in [0, 0.1) is 13.8 Å². The molecule has 0 radical (unpaired) electrons. The van der Waals surface area contributed by atoms with E-state index in [4.69, 9.17) is 0 Å². The van der Waals surface area contributed by atoms with E-state index >= 15 is 0 Å². The quantitative estimate of drug-likeness (QED) is 0.587. The number of aromatic nitrogens is 4. The molecule has 0 atom stereocenters. The molecule has 0 aliphatic rings. The van der Waals surface area contributed by atoms with Crippen molar-refractivity contribution in [1.29, 1.82) is 0 Å². The van der Waals surface area contributed by atoms with Crippen molar-refractivity contribution in [3.8, 4) is 0 Å². The summed E-state index contributed by atoms with van der Waals surface area (Å²) >= 11 is 6.29. The molecule has 0 aromatic carbocycles. The average molecular weight is 501 g/mol. The Bertz CT molecular complexity index is 766. The molecular weight excluding hydrogens is 483 g/mol. The maximum absolute atomic E-state index is 12.8. The summed E-state index contributed by atoms with van der Waals surface area (Å²) in [5.74, 6) is -0.234. The van der Waals surface area contributed by atoms with Crippen LogP contribution in [0.25, 0.3) is 0 Å². The molecule has 11 heteroatoms. The SMILES string of the molecule is Cc1nn(CCCNC(=O)CCn2nc(C(F)(F)F)c(Br)c2C)cc1Br. The summed E-state index contributed by atoms with van der Waals surface area (Å²) < 4.78 is 42.3. The standard InChI is InChI=1S/C15H18Br2F3N5O/c1-9-11(16)8-24(22-9)6-3-5-21-12(26)4-7-25-10(2)13(17)14(23-25)15(18,19)20/h8H,3-7H2,1-2H3,(H,21,26). The lowest BCUT2D eigenvalue weighted by atomic mass is 10.3. The lowest BCUT2D eigenvalue weighted by molar-refractivity contribution is -0.142. The van der Waals surface area contributed by atoms with Gasteiger partial charge in [-0.2, -0.15) is 23.4 Å². The zero-order chi connectivity index (χ0) is 19.5. The number of carbonyl (C=O) groups is 1. The van der Waals surface area contributed by atoms with E-state index in [1.165, 1.54) is 11.6 Å². The van der Waals surface area contributed by atoms with Gasteiger partial charge in [0.05, 0.1) is 26.9 Å². The highest BCUT2D eigenvalue weighted by Gasteiger charge is 2.37. The van der Waals surface area contributed by atoms with Crippen LogP contribution >= 0.6 is 31.9 Å². The third-order valence-electron chi connectivity index (χ3n) is 3.73. The van der Waals surface area contributed by atoms with Crippen LogP contribution < -0.4 is 5.32 Å². The highest BCUT2D eigenvalue weighted by Crippen LogP contribution is 2.35. The van der Waals surface area contributed by atoms with Crippen molar-refractivity contribution in [3.63, 3.8) is 0 Å². The fourth-order valence-corrected chi connectivity index (χ4v) is 3.12. The van der Waals surface area contributed by atoms with Gasteiger partial charge >= 0.3 is 6.18 Å². The molecule has 0 fully saturated rings. The van der Waals surface area contributed by atoms with E-state index in [9.17, 15) is 18.0 Å². The Labute approximate surface area is 165 Å². The van der Waals surface area contributed by atoms with E-state index in [1.807, 2.05) is 13.1 Å². The summed E-state index contributed by atoms with van der Waals surface area (Å²) in [5.41, 5.74) is 0.258. The smallest absolute Gasteiger partial charge is 0.356 e. The zero-order valence-corrected chi connectivity index (χ0v) is 17.4. The van der Waals surface area contributed by atoms with Crippen molar-refractivity contribution in [2.75, 3.05) is 6.54 Å². The normalized spacial score (nSPS) is 11.8. The van der Waals surface area contributed by atoms with E-state index in [-0.39, 0.29) is 23.3 Å². The Balaban J connectivity index is 1.77. The molecular formula is C15H18Br2F3N5O. The van der Waals surface area contributed by atoms with E-state index < -0.39 is 11.9 Å². The van der Waals surface area contributed by atoms with Crippen molar-refractivity contribution < 1.29 is 18.0 Å². The number of aryl methyl sites for hydroxylation is 3. The molecule has 1 amide bonds. The van der Waals surface area contributed by atoms with Crippen molar-refractivity contribution in [2.24, 2.45) is 0 Å². The molecule has 0 unspecified atom stereocenters. The summed E-state index contributed by atoms with van der Waals surface area (Å²) in [6, 6.07) is 0. The minimum absolute atomic E-state index is 0.0542. The first-order valence-corrected chi connectivity index (χ1v) is 9.44. The number of rotatable bonds is 7. The third kappa shape index (κ3) is 5.32. The Morgan fingerprint density at radius 2 is 1.92 bits per heavy atom. The lowest BCUT2D eigenvalue weighted by Crippen LogP contribution is -2.26. The van der Waals surface area contributed by atoms with Gasteiger partial charge in [0.25, 0.3) is 0 Å². The average Bonchev–Trinajstić information content (AvgIpc) is 3.02. The van der Waals surface area contributed by atoms with Crippen LogP contribution in [0.4, 0.5) is 13.2 Å². The van der Waals surface area contributed by atoms with Gasteiger partial charge in [0, 0.05) is 25.7 Å². The van der Waals surface area contributed by atoms with E-state index in [0.29, 0.717) is 25.2 Å². The van der Waals surface area contributed by atoms with Crippen LogP contribution in [0.1, 0.15) is 29.9 Å². The molecule has 1 N–H and O–H groups in total. The molecule has 0 aliphatic heterocycles. The van der Waals surface area contributed by atoms with Crippen molar-refractivity contribution in [1.82, 2.24) is 24.9 Å². The van der Waals surface area contributed by atoms with Gasteiger partial charge < -0.3 is 5.32 Å². The van der Waals surface area contributed by atoms with Gasteiger partial charge in [-0.25, -0.2) is 0 Å². The topological polar surface area (TPSA) is 64.7 Å². The summed E-state index contributed by atoms with van der Waals surface area (Å²) in [6.45, 7) is 4.62. The predicted octanol–water partition coefficient (Wildman–Crippen LogP) is 3.84. The Morgan fingerprint density at radius 3 is 2.46 bits per heavy atom. The number of hydrogen-bond donors (Lipinski definition) is 1. The van der Waals surface area contributed by atoms with Gasteiger partial charge in [0.15, 0.2) is 5.69 Å². The maximum atomic E-state index is 12.8. The van der Waals surface area contributed by atoms with Gasteiger partial charge in [-0.3, -0.25) is 14.2 Å². The maximum Gasteiger partial charge on any atom is 0.436 e. The summed E-state index contributed by atoms with van der Waals surface area (Å²) in [5, 5.41) is 10.6. The Kier molecular flexibility index (Phi) is 6.89. The van der Waals surface area contributed by atoms with Crippen molar-refractivity contribution >= 4 is 37.8 Å². The third-order valence-corrected chi connectivity index (χ3v) is 5.45. The van der Waals surface area contributed by atoms with Crippen molar-refractivity contribution in [2.45, 2.75) is 46.0 Å². The highest BCUT2D eigenvalue weighted by atomic mass is 79.9.